The first kappa shape index (κ1) is 19.9. The molecule has 1 atom stereocenters. The van der Waals surface area contributed by atoms with Crippen LogP contribution in [0.15, 0.2) is 54.9 Å². The summed E-state index contributed by atoms with van der Waals surface area (Å²) in [7, 11) is 0. The topological polar surface area (TPSA) is 118 Å². The van der Waals surface area contributed by atoms with Crippen LogP contribution in [-0.4, -0.2) is 21.2 Å². The fourth-order valence-electron chi connectivity index (χ4n) is 3.52. The Bertz CT molecular complexity index is 1330. The molecule has 7 nitrogen and oxygen atoms in total. The summed E-state index contributed by atoms with van der Waals surface area (Å²) in [5.74, 6) is -0.133. The van der Waals surface area contributed by atoms with Gasteiger partial charge in [0.15, 0.2) is 6.29 Å². The van der Waals surface area contributed by atoms with Gasteiger partial charge in [-0.25, -0.2) is 19.3 Å². The zero-order chi connectivity index (χ0) is 22.0. The molecule has 0 saturated carbocycles. The molecule has 2 aromatic heterocycles. The Hall–Kier alpha value is -4.38. The van der Waals surface area contributed by atoms with Gasteiger partial charge >= 0.3 is 0 Å². The van der Waals surface area contributed by atoms with Crippen LogP contribution in [0.25, 0.3) is 22.0 Å². The van der Waals surface area contributed by atoms with Crippen molar-refractivity contribution in [2.45, 2.75) is 13.0 Å². The van der Waals surface area contributed by atoms with Gasteiger partial charge < -0.3 is 11.1 Å². The van der Waals surface area contributed by atoms with Crippen molar-refractivity contribution in [2.75, 3.05) is 11.1 Å². The Kier molecular flexibility index (Phi) is 5.24. The van der Waals surface area contributed by atoms with Crippen LogP contribution in [0.2, 0.25) is 0 Å². The highest BCUT2D eigenvalue weighted by Gasteiger charge is 2.22. The van der Waals surface area contributed by atoms with Gasteiger partial charge in [-0.3, -0.25) is 4.79 Å². The van der Waals surface area contributed by atoms with E-state index in [4.69, 9.17) is 10.7 Å². The van der Waals surface area contributed by atoms with Crippen LogP contribution >= 0.6 is 0 Å². The van der Waals surface area contributed by atoms with Crippen LogP contribution in [0.3, 0.4) is 0 Å². The zero-order valence-corrected chi connectivity index (χ0v) is 16.5. The van der Waals surface area contributed by atoms with Crippen molar-refractivity contribution >= 4 is 28.8 Å². The molecular weight excluding hydrogens is 395 g/mol. The number of nitrogen functional groups attached to an aromatic ring is 1. The molecule has 8 heteroatoms. The van der Waals surface area contributed by atoms with Gasteiger partial charge in [0.1, 0.15) is 35.4 Å². The molecule has 0 fully saturated rings. The third kappa shape index (κ3) is 3.65. The summed E-state index contributed by atoms with van der Waals surface area (Å²) in [5.41, 5.74) is 8.61. The molecule has 0 amide bonds. The van der Waals surface area contributed by atoms with E-state index in [2.05, 4.69) is 15.3 Å². The van der Waals surface area contributed by atoms with Crippen molar-refractivity contribution in [3.05, 3.63) is 77.5 Å². The summed E-state index contributed by atoms with van der Waals surface area (Å²) in [6.07, 6.45) is 1.97. The van der Waals surface area contributed by atoms with E-state index in [9.17, 15) is 14.4 Å². The van der Waals surface area contributed by atoms with Gasteiger partial charge in [-0.05, 0) is 30.7 Å². The van der Waals surface area contributed by atoms with Crippen LogP contribution in [0, 0.1) is 17.1 Å². The van der Waals surface area contributed by atoms with Crippen molar-refractivity contribution in [1.82, 2.24) is 15.0 Å². The lowest BCUT2D eigenvalue weighted by Gasteiger charge is -2.21. The average molecular weight is 412 g/mol. The van der Waals surface area contributed by atoms with Gasteiger partial charge in [-0.15, -0.1) is 0 Å². The summed E-state index contributed by atoms with van der Waals surface area (Å²) in [4.78, 5) is 24.8. The molecule has 2 aromatic carbocycles. The quantitative estimate of drug-likeness (QED) is 0.470. The number of aldehydes is 1. The maximum absolute atomic E-state index is 13.9. The predicted octanol–water partition coefficient (Wildman–Crippen LogP) is 4.27. The molecule has 31 heavy (non-hydrogen) atoms. The summed E-state index contributed by atoms with van der Waals surface area (Å²) < 4.78 is 13.9. The number of fused-ring (bicyclic) bond motifs is 1. The van der Waals surface area contributed by atoms with Crippen molar-refractivity contribution in [1.29, 1.82) is 5.26 Å². The molecule has 0 saturated heterocycles. The van der Waals surface area contributed by atoms with E-state index in [0.717, 1.165) is 5.56 Å². The molecule has 152 valence electrons. The number of nitriles is 1. The van der Waals surface area contributed by atoms with Gasteiger partial charge in [0.2, 0.25) is 0 Å². The normalized spacial score (nSPS) is 11.6. The number of carbonyl (C=O) groups is 1. The van der Waals surface area contributed by atoms with Crippen LogP contribution < -0.4 is 11.1 Å². The molecule has 0 bridgehead atoms. The second kappa shape index (κ2) is 8.16. The van der Waals surface area contributed by atoms with Crippen molar-refractivity contribution in [3.63, 3.8) is 0 Å². The first-order valence-electron chi connectivity index (χ1n) is 9.44. The van der Waals surface area contributed by atoms with Crippen molar-refractivity contribution in [2.24, 2.45) is 0 Å². The summed E-state index contributed by atoms with van der Waals surface area (Å²) >= 11 is 0. The fraction of sp³-hybridized carbons (Fsp3) is 0.0870. The number of rotatable bonds is 5. The average Bonchev–Trinajstić information content (AvgIpc) is 2.78. The zero-order valence-electron chi connectivity index (χ0n) is 16.5. The highest BCUT2D eigenvalue weighted by molar-refractivity contribution is 6.04. The molecule has 1 unspecified atom stereocenters. The third-order valence-electron chi connectivity index (χ3n) is 4.95. The maximum atomic E-state index is 13.9. The highest BCUT2D eigenvalue weighted by Crippen LogP contribution is 2.35. The number of pyridine rings is 1. The summed E-state index contributed by atoms with van der Waals surface area (Å²) in [5, 5.41) is 13.0. The van der Waals surface area contributed by atoms with Crippen molar-refractivity contribution in [3.8, 4) is 17.2 Å². The molecule has 2 heterocycles. The van der Waals surface area contributed by atoms with E-state index in [1.165, 1.54) is 24.5 Å². The maximum Gasteiger partial charge on any atom is 0.151 e. The standard InChI is InChI=1S/C23H17FN6O/c1-13(29-23-17(10-25)22(26)27-12-28-23)21-20(14-5-3-2-4-6-14)18(11-31)16-9-15(24)7-8-19(16)30-21/h2-9,11-13H,1H3,(H3,26,27,28,29). The first-order chi connectivity index (χ1) is 15.0. The van der Waals surface area contributed by atoms with Gasteiger partial charge in [-0.1, -0.05) is 30.3 Å². The van der Waals surface area contributed by atoms with Gasteiger partial charge in [0, 0.05) is 16.5 Å². The molecule has 0 spiro atoms. The number of carbonyl (C=O) groups excluding carboxylic acids is 1. The Morgan fingerprint density at radius 3 is 2.68 bits per heavy atom. The van der Waals surface area contributed by atoms with Crippen molar-refractivity contribution < 1.29 is 9.18 Å². The van der Waals surface area contributed by atoms with Crippen LogP contribution in [0.4, 0.5) is 16.0 Å². The number of anilines is 2. The molecule has 0 radical (unpaired) electrons. The van der Waals surface area contributed by atoms with E-state index >= 15 is 0 Å². The molecule has 4 rings (SSSR count). The number of benzene rings is 2. The minimum absolute atomic E-state index is 0.0611. The van der Waals surface area contributed by atoms with Crippen LogP contribution in [0.1, 0.15) is 34.6 Å². The second-order valence-corrected chi connectivity index (χ2v) is 6.89. The van der Waals surface area contributed by atoms with E-state index in [1.54, 1.807) is 0 Å². The number of hydrogen-bond donors (Lipinski definition) is 2. The monoisotopic (exact) mass is 412 g/mol. The minimum atomic E-state index is -0.468. The number of aromatic nitrogens is 3. The molecular formula is C23H17FN6O. The lowest BCUT2D eigenvalue weighted by molar-refractivity contribution is 0.112. The van der Waals surface area contributed by atoms with Gasteiger partial charge in [0.05, 0.1) is 17.3 Å². The Labute approximate surface area is 177 Å². The number of hydrogen-bond acceptors (Lipinski definition) is 7. The lowest BCUT2D eigenvalue weighted by atomic mass is 9.92. The highest BCUT2D eigenvalue weighted by atomic mass is 19.1. The SMILES string of the molecule is CC(Nc1ncnc(N)c1C#N)c1nc2ccc(F)cc2c(C=O)c1-c1ccccc1. The van der Waals surface area contributed by atoms with Gasteiger partial charge in [0.25, 0.3) is 0 Å². The molecule has 0 aliphatic heterocycles. The first-order valence-corrected chi connectivity index (χ1v) is 9.44. The Balaban J connectivity index is 1.95. The minimum Gasteiger partial charge on any atom is -0.382 e. The Morgan fingerprint density at radius 1 is 1.19 bits per heavy atom. The smallest absolute Gasteiger partial charge is 0.151 e. The number of nitrogens with two attached hydrogens (primary N) is 1. The van der Waals surface area contributed by atoms with E-state index in [-0.39, 0.29) is 17.2 Å². The van der Waals surface area contributed by atoms with E-state index in [1.807, 2.05) is 43.3 Å². The Morgan fingerprint density at radius 2 is 1.97 bits per heavy atom. The second-order valence-electron chi connectivity index (χ2n) is 6.89. The molecule has 4 aromatic rings. The van der Waals surface area contributed by atoms with E-state index in [0.29, 0.717) is 34.0 Å². The third-order valence-corrected chi connectivity index (χ3v) is 4.95. The number of nitrogens with one attached hydrogen (secondary N) is 1. The molecule has 3 N–H and O–H groups in total. The number of halogens is 1. The van der Waals surface area contributed by atoms with Gasteiger partial charge in [-0.2, -0.15) is 5.26 Å². The molecule has 0 aliphatic carbocycles. The fourth-order valence-corrected chi connectivity index (χ4v) is 3.52. The summed E-state index contributed by atoms with van der Waals surface area (Å²) in [6, 6.07) is 14.9. The number of nitrogens with zero attached hydrogens (tertiary/aromatic N) is 4. The lowest BCUT2D eigenvalue weighted by Crippen LogP contribution is -2.15. The van der Waals surface area contributed by atoms with E-state index < -0.39 is 11.9 Å². The predicted molar refractivity (Wildman–Crippen MR) is 116 cm³/mol. The summed E-state index contributed by atoms with van der Waals surface area (Å²) in [6.45, 7) is 1.83. The van der Waals surface area contributed by atoms with Crippen LogP contribution in [-0.2, 0) is 0 Å². The largest absolute Gasteiger partial charge is 0.382 e. The van der Waals surface area contributed by atoms with Crippen LogP contribution in [0.5, 0.6) is 0 Å². The molecule has 0 aliphatic rings.